The van der Waals surface area contributed by atoms with Gasteiger partial charge in [-0.05, 0) is 66.7 Å². The lowest BCUT2D eigenvalue weighted by Gasteiger charge is -2.14. The van der Waals surface area contributed by atoms with Crippen molar-refractivity contribution in [2.45, 2.75) is 18.7 Å². The molecule has 0 atom stereocenters. The zero-order chi connectivity index (χ0) is 26.3. The van der Waals surface area contributed by atoms with Crippen LogP contribution in [0.1, 0.15) is 11.4 Å². The predicted octanol–water partition coefficient (Wildman–Crippen LogP) is 4.78. The second-order valence-electron chi connectivity index (χ2n) is 8.02. The van der Waals surface area contributed by atoms with Crippen LogP contribution in [0.2, 0.25) is 5.28 Å². The van der Waals surface area contributed by atoms with E-state index < -0.39 is 10.1 Å². The van der Waals surface area contributed by atoms with E-state index in [2.05, 4.69) is 35.7 Å². The van der Waals surface area contributed by atoms with Crippen molar-refractivity contribution in [2.24, 2.45) is 0 Å². The van der Waals surface area contributed by atoms with E-state index in [9.17, 15) is 18.1 Å². The third-order valence-electron chi connectivity index (χ3n) is 5.23. The van der Waals surface area contributed by atoms with E-state index in [4.69, 9.17) is 16.1 Å². The molecule has 5 rings (SSSR count). The molecule has 0 fully saturated rings. The van der Waals surface area contributed by atoms with Crippen LogP contribution in [0, 0.1) is 13.8 Å². The SMILES string of the molecule is Cc1cc(O)c2c(Nc3nc(Cl)nc(Nc4ccccc4-c4nc(C)no4)n3)cc(S(=O)(=O)O)cc2c1. The van der Waals surface area contributed by atoms with Crippen LogP contribution in [0.25, 0.3) is 22.2 Å². The van der Waals surface area contributed by atoms with Crippen LogP contribution in [0.15, 0.2) is 57.9 Å². The molecule has 0 aliphatic rings. The van der Waals surface area contributed by atoms with Gasteiger partial charge in [0.25, 0.3) is 16.0 Å². The second kappa shape index (κ2) is 9.28. The number of phenols is 1. The van der Waals surface area contributed by atoms with Gasteiger partial charge in [-0.15, -0.1) is 0 Å². The number of nitrogens with one attached hydrogen (secondary N) is 2. The van der Waals surface area contributed by atoms with Gasteiger partial charge in [-0.3, -0.25) is 4.55 Å². The summed E-state index contributed by atoms with van der Waals surface area (Å²) in [5.41, 5.74) is 1.96. The standard InChI is InChI=1S/C23H18ClN7O5S/c1-11-7-13-9-14(37(33,34)35)10-17(19(13)18(32)8-11)27-23-29-21(24)28-22(30-23)26-16-6-4-3-5-15(16)20-25-12(2)31-36-20/h3-10,32H,1-2H3,(H,33,34,35)(H2,26,27,28,29,30). The zero-order valence-electron chi connectivity index (χ0n) is 19.3. The summed E-state index contributed by atoms with van der Waals surface area (Å²) in [6, 6.07) is 12.7. The summed E-state index contributed by atoms with van der Waals surface area (Å²) >= 11 is 6.15. The summed E-state index contributed by atoms with van der Waals surface area (Å²) in [6.45, 7) is 3.44. The first-order chi connectivity index (χ1) is 17.6. The van der Waals surface area contributed by atoms with Crippen LogP contribution in [0.3, 0.4) is 0 Å². The van der Waals surface area contributed by atoms with E-state index in [1.165, 1.54) is 12.1 Å². The van der Waals surface area contributed by atoms with E-state index in [0.717, 1.165) is 6.07 Å². The zero-order valence-corrected chi connectivity index (χ0v) is 20.8. The fourth-order valence-corrected chi connectivity index (χ4v) is 4.45. The first-order valence-corrected chi connectivity index (χ1v) is 12.5. The molecule has 2 heterocycles. The summed E-state index contributed by atoms with van der Waals surface area (Å²) in [6.07, 6.45) is 0. The molecule has 4 N–H and O–H groups in total. The van der Waals surface area contributed by atoms with Crippen LogP contribution in [0.4, 0.5) is 23.3 Å². The van der Waals surface area contributed by atoms with Crippen LogP contribution in [-0.2, 0) is 10.1 Å². The fraction of sp³-hybridized carbons (Fsp3) is 0.0870. The Balaban J connectivity index is 1.56. The minimum absolute atomic E-state index is 0.0534. The van der Waals surface area contributed by atoms with Crippen molar-refractivity contribution in [3.8, 4) is 17.2 Å². The molecular weight excluding hydrogens is 522 g/mol. The van der Waals surface area contributed by atoms with Crippen LogP contribution in [0.5, 0.6) is 5.75 Å². The van der Waals surface area contributed by atoms with Gasteiger partial charge in [-0.2, -0.15) is 28.4 Å². The lowest BCUT2D eigenvalue weighted by molar-refractivity contribution is 0.426. The summed E-state index contributed by atoms with van der Waals surface area (Å²) in [5.74, 6) is 0.654. The molecule has 0 amide bonds. The lowest BCUT2D eigenvalue weighted by atomic mass is 10.0. The van der Waals surface area contributed by atoms with Gasteiger partial charge in [0.1, 0.15) is 5.75 Å². The molecule has 0 aliphatic heterocycles. The van der Waals surface area contributed by atoms with E-state index in [0.29, 0.717) is 39.3 Å². The number of fused-ring (bicyclic) bond motifs is 1. The highest BCUT2D eigenvalue weighted by molar-refractivity contribution is 7.85. The number of aromatic nitrogens is 5. The Labute approximate surface area is 215 Å². The molecule has 0 unspecified atom stereocenters. The Hall–Kier alpha value is -4.33. The van der Waals surface area contributed by atoms with Crippen molar-refractivity contribution in [1.29, 1.82) is 0 Å². The fourth-order valence-electron chi connectivity index (χ4n) is 3.75. The quantitative estimate of drug-likeness (QED) is 0.217. The highest BCUT2D eigenvalue weighted by Gasteiger charge is 2.18. The summed E-state index contributed by atoms with van der Waals surface area (Å²) < 4.78 is 38.7. The number of para-hydroxylation sites is 1. The molecule has 0 saturated carbocycles. The Morgan fingerprint density at radius 2 is 1.62 bits per heavy atom. The minimum atomic E-state index is -4.55. The van der Waals surface area contributed by atoms with Crippen molar-refractivity contribution >= 4 is 55.8 Å². The number of aromatic hydroxyl groups is 1. The molecule has 0 aliphatic carbocycles. The molecule has 2 aromatic heterocycles. The van der Waals surface area contributed by atoms with Crippen LogP contribution in [-0.4, -0.2) is 43.2 Å². The Morgan fingerprint density at radius 1 is 0.919 bits per heavy atom. The topological polar surface area (TPSA) is 176 Å². The van der Waals surface area contributed by atoms with Crippen LogP contribution < -0.4 is 10.6 Å². The summed E-state index contributed by atoms with van der Waals surface area (Å²) in [4.78, 5) is 16.3. The average molecular weight is 540 g/mol. The number of anilines is 4. The van der Waals surface area contributed by atoms with E-state index in [1.54, 1.807) is 44.2 Å². The number of hydrogen-bond donors (Lipinski definition) is 4. The van der Waals surface area contributed by atoms with Crippen molar-refractivity contribution in [3.05, 3.63) is 65.2 Å². The van der Waals surface area contributed by atoms with Gasteiger partial charge in [-0.25, -0.2) is 0 Å². The molecule has 0 saturated heterocycles. The lowest BCUT2D eigenvalue weighted by Crippen LogP contribution is -2.06. The number of aryl methyl sites for hydroxylation is 2. The Morgan fingerprint density at radius 3 is 2.30 bits per heavy atom. The average Bonchev–Trinajstić information content (AvgIpc) is 3.24. The molecule has 37 heavy (non-hydrogen) atoms. The third kappa shape index (κ3) is 5.14. The maximum absolute atomic E-state index is 11.9. The number of phenolic OH excluding ortho intramolecular Hbond substituents is 1. The van der Waals surface area contributed by atoms with Gasteiger partial charge in [-0.1, -0.05) is 23.4 Å². The van der Waals surface area contributed by atoms with E-state index in [-0.39, 0.29) is 33.5 Å². The normalized spacial score (nSPS) is 11.6. The first kappa shape index (κ1) is 24.4. The maximum Gasteiger partial charge on any atom is 0.294 e. The molecular formula is C23H18ClN7O5S. The minimum Gasteiger partial charge on any atom is -0.507 e. The van der Waals surface area contributed by atoms with Crippen molar-refractivity contribution in [1.82, 2.24) is 25.1 Å². The van der Waals surface area contributed by atoms with Crippen molar-refractivity contribution in [2.75, 3.05) is 10.6 Å². The van der Waals surface area contributed by atoms with Crippen LogP contribution >= 0.6 is 11.6 Å². The van der Waals surface area contributed by atoms with Gasteiger partial charge < -0.3 is 20.3 Å². The molecule has 0 bridgehead atoms. The number of hydrogen-bond acceptors (Lipinski definition) is 11. The third-order valence-corrected chi connectivity index (χ3v) is 6.23. The van der Waals surface area contributed by atoms with Gasteiger partial charge in [0.15, 0.2) is 5.82 Å². The smallest absolute Gasteiger partial charge is 0.294 e. The molecule has 12 nitrogen and oxygen atoms in total. The van der Waals surface area contributed by atoms with E-state index >= 15 is 0 Å². The number of rotatable bonds is 6. The van der Waals surface area contributed by atoms with Crippen molar-refractivity contribution < 1.29 is 22.6 Å². The number of halogens is 1. The Kier molecular flexibility index (Phi) is 6.11. The molecule has 188 valence electrons. The molecule has 0 spiro atoms. The maximum atomic E-state index is 11.9. The summed E-state index contributed by atoms with van der Waals surface area (Å²) in [7, 11) is -4.55. The predicted molar refractivity (Wildman–Crippen MR) is 136 cm³/mol. The van der Waals surface area contributed by atoms with Gasteiger partial charge >= 0.3 is 0 Å². The largest absolute Gasteiger partial charge is 0.507 e. The summed E-state index contributed by atoms with van der Waals surface area (Å²) in [5, 5.41) is 20.8. The molecule has 3 aromatic carbocycles. The molecule has 14 heteroatoms. The first-order valence-electron chi connectivity index (χ1n) is 10.7. The number of benzene rings is 3. The van der Waals surface area contributed by atoms with Gasteiger partial charge in [0.2, 0.25) is 17.2 Å². The number of nitrogens with zero attached hydrogens (tertiary/aromatic N) is 5. The van der Waals surface area contributed by atoms with E-state index in [1.807, 2.05) is 0 Å². The Bertz CT molecular complexity index is 1780. The van der Waals surface area contributed by atoms with Gasteiger partial charge in [0.05, 0.1) is 21.8 Å². The monoisotopic (exact) mass is 539 g/mol. The highest BCUT2D eigenvalue weighted by Crippen LogP contribution is 2.37. The van der Waals surface area contributed by atoms with Crippen molar-refractivity contribution in [3.63, 3.8) is 0 Å². The molecule has 0 radical (unpaired) electrons. The highest BCUT2D eigenvalue weighted by atomic mass is 35.5. The van der Waals surface area contributed by atoms with Gasteiger partial charge in [0, 0.05) is 5.39 Å². The second-order valence-corrected chi connectivity index (χ2v) is 9.78. The molecule has 5 aromatic rings.